The predicted molar refractivity (Wildman–Crippen MR) is 41.7 cm³/mol. The Labute approximate surface area is 61.9 Å². The third-order valence-electron chi connectivity index (χ3n) is 0.800. The van der Waals surface area contributed by atoms with Gasteiger partial charge in [0.15, 0.2) is 0 Å². The number of aromatic nitrogens is 3. The molecule has 0 amide bonds. The minimum Gasteiger partial charge on any atom is -0.263 e. The second-order valence-electron chi connectivity index (χ2n) is 1.99. The lowest BCUT2D eigenvalue weighted by atomic mass is 10.5. The smallest absolute Gasteiger partial charge is 0.137 e. The van der Waals surface area contributed by atoms with Crippen molar-refractivity contribution >= 4 is 0 Å². The van der Waals surface area contributed by atoms with Gasteiger partial charge in [0, 0.05) is 6.42 Å². The number of aryl methyl sites for hydroxylation is 1. The number of hydrogen-bond acceptors (Lipinski definition) is 2. The molecule has 0 fully saturated rings. The molecule has 1 heterocycles. The molecule has 0 radical (unpaired) electrons. The van der Waals surface area contributed by atoms with Crippen LogP contribution >= 0.6 is 0 Å². The first kappa shape index (κ1) is 9.14. The lowest BCUT2D eigenvalue weighted by Crippen LogP contribution is -1.79. The van der Waals surface area contributed by atoms with Crippen LogP contribution in [0.15, 0.2) is 6.33 Å². The fourth-order valence-electron chi connectivity index (χ4n) is 0.401. The third-order valence-corrected chi connectivity index (χ3v) is 0.800. The SMILES string of the molecule is CCC.CCc1ncn[nH]1. The van der Waals surface area contributed by atoms with E-state index in [1.807, 2.05) is 6.92 Å². The molecule has 0 spiro atoms. The van der Waals surface area contributed by atoms with Gasteiger partial charge in [-0.25, -0.2) is 4.98 Å². The van der Waals surface area contributed by atoms with Crippen LogP contribution in [-0.4, -0.2) is 15.2 Å². The van der Waals surface area contributed by atoms with Gasteiger partial charge < -0.3 is 0 Å². The molecule has 0 aromatic carbocycles. The Balaban J connectivity index is 0.000000236. The fourth-order valence-corrected chi connectivity index (χ4v) is 0.401. The first-order chi connectivity index (χ1) is 4.85. The number of aromatic amines is 1. The summed E-state index contributed by atoms with van der Waals surface area (Å²) in [6.45, 7) is 6.28. The van der Waals surface area contributed by atoms with Crippen LogP contribution in [0.4, 0.5) is 0 Å². The Hall–Kier alpha value is -0.860. The minimum absolute atomic E-state index is 0.931. The molecule has 0 unspecified atom stereocenters. The van der Waals surface area contributed by atoms with Gasteiger partial charge in [-0.05, 0) is 0 Å². The van der Waals surface area contributed by atoms with E-state index in [0.717, 1.165) is 12.2 Å². The van der Waals surface area contributed by atoms with Gasteiger partial charge in [0.05, 0.1) is 0 Å². The number of nitrogens with zero attached hydrogens (tertiary/aromatic N) is 2. The van der Waals surface area contributed by atoms with Crippen LogP contribution in [0, 0.1) is 0 Å². The van der Waals surface area contributed by atoms with Crippen LogP contribution in [0.25, 0.3) is 0 Å². The monoisotopic (exact) mass is 141 g/mol. The standard InChI is InChI=1S/C4H7N3.C3H8/c1-2-4-5-3-6-7-4;1-3-2/h3H,2H2,1H3,(H,5,6,7);3H2,1-2H3. The highest BCUT2D eigenvalue weighted by atomic mass is 15.2. The predicted octanol–water partition coefficient (Wildman–Crippen LogP) is 1.78. The van der Waals surface area contributed by atoms with Gasteiger partial charge in [-0.1, -0.05) is 27.2 Å². The van der Waals surface area contributed by atoms with Crippen LogP contribution in [-0.2, 0) is 6.42 Å². The van der Waals surface area contributed by atoms with E-state index in [4.69, 9.17) is 0 Å². The van der Waals surface area contributed by atoms with Crippen LogP contribution < -0.4 is 0 Å². The van der Waals surface area contributed by atoms with Crippen molar-refractivity contribution in [3.63, 3.8) is 0 Å². The van der Waals surface area contributed by atoms with Gasteiger partial charge in [0.25, 0.3) is 0 Å². The molecule has 58 valence electrons. The summed E-state index contributed by atoms with van der Waals surface area (Å²) in [5.74, 6) is 0.944. The summed E-state index contributed by atoms with van der Waals surface area (Å²) in [5.41, 5.74) is 0. The molecule has 0 aliphatic carbocycles. The zero-order valence-electron chi connectivity index (χ0n) is 6.89. The molecule has 0 aliphatic rings. The summed E-state index contributed by atoms with van der Waals surface area (Å²) >= 11 is 0. The highest BCUT2D eigenvalue weighted by molar-refractivity contribution is 4.76. The quantitative estimate of drug-likeness (QED) is 0.647. The van der Waals surface area contributed by atoms with E-state index in [1.165, 1.54) is 12.7 Å². The Morgan fingerprint density at radius 1 is 1.40 bits per heavy atom. The van der Waals surface area contributed by atoms with E-state index in [1.54, 1.807) is 0 Å². The van der Waals surface area contributed by atoms with Crippen LogP contribution in [0.5, 0.6) is 0 Å². The van der Waals surface area contributed by atoms with Gasteiger partial charge in [-0.15, -0.1) is 0 Å². The second-order valence-corrected chi connectivity index (χ2v) is 1.99. The summed E-state index contributed by atoms with van der Waals surface area (Å²) < 4.78 is 0. The van der Waals surface area contributed by atoms with E-state index in [0.29, 0.717) is 0 Å². The molecule has 0 aliphatic heterocycles. The van der Waals surface area contributed by atoms with E-state index < -0.39 is 0 Å². The van der Waals surface area contributed by atoms with Crippen molar-refractivity contribution < 1.29 is 0 Å². The number of H-pyrrole nitrogens is 1. The Morgan fingerprint density at radius 3 is 2.20 bits per heavy atom. The maximum atomic E-state index is 3.87. The van der Waals surface area contributed by atoms with Gasteiger partial charge in [0.2, 0.25) is 0 Å². The third kappa shape index (κ3) is 4.06. The molecule has 10 heavy (non-hydrogen) atoms. The number of nitrogens with one attached hydrogen (secondary N) is 1. The molecule has 0 saturated heterocycles. The normalized spacial score (nSPS) is 8.30. The topological polar surface area (TPSA) is 41.6 Å². The molecule has 1 aromatic rings. The molecular formula is C7H15N3. The average Bonchev–Trinajstić information content (AvgIpc) is 2.39. The highest BCUT2D eigenvalue weighted by Gasteiger charge is 1.84. The Morgan fingerprint density at radius 2 is 2.00 bits per heavy atom. The number of hydrogen-bond donors (Lipinski definition) is 1. The van der Waals surface area contributed by atoms with E-state index in [2.05, 4.69) is 29.0 Å². The highest BCUT2D eigenvalue weighted by Crippen LogP contribution is 1.82. The first-order valence-electron chi connectivity index (χ1n) is 3.69. The van der Waals surface area contributed by atoms with Gasteiger partial charge in [-0.2, -0.15) is 5.10 Å². The molecule has 1 N–H and O–H groups in total. The molecule has 0 saturated carbocycles. The van der Waals surface area contributed by atoms with Crippen molar-refractivity contribution in [3.8, 4) is 0 Å². The van der Waals surface area contributed by atoms with Crippen molar-refractivity contribution in [2.45, 2.75) is 33.6 Å². The average molecular weight is 141 g/mol. The molecule has 0 atom stereocenters. The van der Waals surface area contributed by atoms with E-state index >= 15 is 0 Å². The van der Waals surface area contributed by atoms with Gasteiger partial charge in [0.1, 0.15) is 12.2 Å². The molecular weight excluding hydrogens is 126 g/mol. The van der Waals surface area contributed by atoms with Crippen molar-refractivity contribution in [1.29, 1.82) is 0 Å². The van der Waals surface area contributed by atoms with Crippen LogP contribution in [0.3, 0.4) is 0 Å². The lowest BCUT2D eigenvalue weighted by molar-refractivity contribution is 0.946. The molecule has 3 heteroatoms. The summed E-state index contributed by atoms with van der Waals surface area (Å²) in [5, 5.41) is 6.38. The van der Waals surface area contributed by atoms with E-state index in [-0.39, 0.29) is 0 Å². The molecule has 1 rings (SSSR count). The summed E-state index contributed by atoms with van der Waals surface area (Å²) in [6, 6.07) is 0. The zero-order valence-corrected chi connectivity index (χ0v) is 6.89. The van der Waals surface area contributed by atoms with E-state index in [9.17, 15) is 0 Å². The number of rotatable bonds is 1. The summed E-state index contributed by atoms with van der Waals surface area (Å²) in [7, 11) is 0. The van der Waals surface area contributed by atoms with Crippen molar-refractivity contribution in [2.75, 3.05) is 0 Å². The minimum atomic E-state index is 0.931. The maximum Gasteiger partial charge on any atom is 0.137 e. The fraction of sp³-hybridized carbons (Fsp3) is 0.714. The van der Waals surface area contributed by atoms with Gasteiger partial charge >= 0.3 is 0 Å². The Bertz CT molecular complexity index is 135. The van der Waals surface area contributed by atoms with Crippen LogP contribution in [0.2, 0.25) is 0 Å². The second kappa shape index (κ2) is 6.26. The largest absolute Gasteiger partial charge is 0.263 e. The van der Waals surface area contributed by atoms with Crippen molar-refractivity contribution in [2.24, 2.45) is 0 Å². The zero-order chi connectivity index (χ0) is 7.82. The molecule has 1 aromatic heterocycles. The first-order valence-corrected chi connectivity index (χ1v) is 3.69. The van der Waals surface area contributed by atoms with Crippen molar-refractivity contribution in [1.82, 2.24) is 15.2 Å². The molecule has 0 bridgehead atoms. The van der Waals surface area contributed by atoms with Gasteiger partial charge in [-0.3, -0.25) is 5.10 Å². The summed E-state index contributed by atoms with van der Waals surface area (Å²) in [6.07, 6.45) is 3.69. The van der Waals surface area contributed by atoms with Crippen molar-refractivity contribution in [3.05, 3.63) is 12.2 Å². The maximum absolute atomic E-state index is 3.87. The Kier molecular flexibility index (Phi) is 5.72. The van der Waals surface area contributed by atoms with Crippen LogP contribution in [0.1, 0.15) is 33.0 Å². The molecule has 3 nitrogen and oxygen atoms in total. The summed E-state index contributed by atoms with van der Waals surface area (Å²) in [4.78, 5) is 3.87. The lowest BCUT2D eigenvalue weighted by Gasteiger charge is -1.77.